The highest BCUT2D eigenvalue weighted by atomic mass is 19.1. The van der Waals surface area contributed by atoms with Gasteiger partial charge in [-0.05, 0) is 62.4 Å². The number of hydrogen-bond acceptors (Lipinski definition) is 5. The van der Waals surface area contributed by atoms with E-state index in [1.807, 2.05) is 63.2 Å². The number of rotatable bonds is 4. The molecule has 1 saturated heterocycles. The highest BCUT2D eigenvalue weighted by Crippen LogP contribution is 2.31. The van der Waals surface area contributed by atoms with E-state index in [1.54, 1.807) is 11.0 Å². The van der Waals surface area contributed by atoms with Gasteiger partial charge in [-0.1, -0.05) is 41.6 Å². The molecule has 1 fully saturated rings. The standard InChI is InChI=1S/C25H28FN3O3/c1-25(2,3)31-24(30)29-13-11-18(12-14-29)22-27-23(32-28-22)19-9-10-21(20(15-19)16-26)17-7-5-4-6-8-17/h4-10,15,18H,11-14,16H2,1-3H3. The molecule has 2 heterocycles. The number of amides is 1. The van der Waals surface area contributed by atoms with E-state index in [-0.39, 0.29) is 12.0 Å². The average Bonchev–Trinajstić information content (AvgIpc) is 3.28. The molecule has 0 N–H and O–H groups in total. The van der Waals surface area contributed by atoms with Gasteiger partial charge in [0.2, 0.25) is 0 Å². The number of aromatic nitrogens is 2. The Hall–Kier alpha value is -3.22. The van der Waals surface area contributed by atoms with Crippen molar-refractivity contribution in [3.63, 3.8) is 0 Å². The van der Waals surface area contributed by atoms with E-state index in [2.05, 4.69) is 10.1 Å². The monoisotopic (exact) mass is 437 g/mol. The van der Waals surface area contributed by atoms with Crippen LogP contribution in [0.1, 0.15) is 50.9 Å². The van der Waals surface area contributed by atoms with Crippen molar-refractivity contribution in [1.29, 1.82) is 0 Å². The van der Waals surface area contributed by atoms with E-state index in [0.717, 1.165) is 24.0 Å². The minimum atomic E-state index is -0.581. The molecule has 1 amide bonds. The number of hydrogen-bond donors (Lipinski definition) is 0. The predicted octanol–water partition coefficient (Wildman–Crippen LogP) is 5.99. The molecule has 1 aliphatic rings. The van der Waals surface area contributed by atoms with Gasteiger partial charge in [0, 0.05) is 24.6 Å². The van der Waals surface area contributed by atoms with Crippen molar-refractivity contribution in [2.24, 2.45) is 0 Å². The number of alkyl halides is 1. The Labute approximate surface area is 187 Å². The largest absolute Gasteiger partial charge is 0.444 e. The second-order valence-electron chi connectivity index (χ2n) is 9.07. The van der Waals surface area contributed by atoms with Crippen LogP contribution >= 0.6 is 0 Å². The van der Waals surface area contributed by atoms with Gasteiger partial charge in [0.15, 0.2) is 5.82 Å². The number of carbonyl (C=O) groups excluding carboxylic acids is 1. The predicted molar refractivity (Wildman–Crippen MR) is 120 cm³/mol. The lowest BCUT2D eigenvalue weighted by molar-refractivity contribution is 0.0203. The van der Waals surface area contributed by atoms with E-state index in [4.69, 9.17) is 9.26 Å². The summed E-state index contributed by atoms with van der Waals surface area (Å²) in [7, 11) is 0. The smallest absolute Gasteiger partial charge is 0.410 e. The zero-order chi connectivity index (χ0) is 22.7. The van der Waals surface area contributed by atoms with Crippen LogP contribution in [-0.2, 0) is 11.4 Å². The van der Waals surface area contributed by atoms with Gasteiger partial charge in [-0.15, -0.1) is 0 Å². The molecule has 2 aromatic carbocycles. The third-order valence-corrected chi connectivity index (χ3v) is 5.53. The molecule has 4 rings (SSSR count). The molecule has 7 heteroatoms. The van der Waals surface area contributed by atoms with Crippen molar-refractivity contribution in [3.05, 3.63) is 59.9 Å². The molecule has 32 heavy (non-hydrogen) atoms. The number of piperidine rings is 1. The van der Waals surface area contributed by atoms with Crippen LogP contribution in [0, 0.1) is 0 Å². The first kappa shape index (κ1) is 22.0. The molecule has 0 radical (unpaired) electrons. The normalized spacial score (nSPS) is 15.1. The second kappa shape index (κ2) is 9.10. The summed E-state index contributed by atoms with van der Waals surface area (Å²) < 4.78 is 24.7. The van der Waals surface area contributed by atoms with Crippen LogP contribution in [0.2, 0.25) is 0 Å². The molecule has 168 valence electrons. The maximum absolute atomic E-state index is 13.8. The number of carbonyl (C=O) groups is 1. The minimum absolute atomic E-state index is 0.107. The molecule has 0 saturated carbocycles. The van der Waals surface area contributed by atoms with E-state index in [0.29, 0.717) is 35.9 Å². The molecule has 1 aliphatic heterocycles. The number of nitrogens with zero attached hydrogens (tertiary/aromatic N) is 3. The summed E-state index contributed by atoms with van der Waals surface area (Å²) in [6.07, 6.45) is 1.18. The van der Waals surface area contributed by atoms with Gasteiger partial charge in [0.25, 0.3) is 5.89 Å². The van der Waals surface area contributed by atoms with Crippen molar-refractivity contribution in [2.75, 3.05) is 13.1 Å². The van der Waals surface area contributed by atoms with Gasteiger partial charge in [-0.3, -0.25) is 0 Å². The number of likely N-dealkylation sites (tertiary alicyclic amines) is 1. The number of halogens is 1. The Bertz CT molecular complexity index is 1070. The van der Waals surface area contributed by atoms with Crippen LogP contribution in [0.25, 0.3) is 22.6 Å². The summed E-state index contributed by atoms with van der Waals surface area (Å²) in [5.74, 6) is 1.11. The molecule has 0 aliphatic carbocycles. The van der Waals surface area contributed by atoms with Crippen LogP contribution in [-0.4, -0.2) is 39.8 Å². The van der Waals surface area contributed by atoms with E-state index in [1.165, 1.54) is 0 Å². The topological polar surface area (TPSA) is 68.5 Å². The van der Waals surface area contributed by atoms with E-state index in [9.17, 15) is 9.18 Å². The number of ether oxygens (including phenoxy) is 1. The van der Waals surface area contributed by atoms with Crippen molar-refractivity contribution < 1.29 is 18.4 Å². The third kappa shape index (κ3) is 4.98. The van der Waals surface area contributed by atoms with Crippen LogP contribution in [0.5, 0.6) is 0 Å². The molecular weight excluding hydrogens is 409 g/mol. The molecule has 0 atom stereocenters. The summed E-state index contributed by atoms with van der Waals surface area (Å²) in [5.41, 5.74) is 2.59. The van der Waals surface area contributed by atoms with Gasteiger partial charge >= 0.3 is 6.09 Å². The molecular formula is C25H28FN3O3. The lowest BCUT2D eigenvalue weighted by atomic mass is 9.96. The first-order chi connectivity index (χ1) is 15.3. The van der Waals surface area contributed by atoms with E-state index >= 15 is 0 Å². The maximum Gasteiger partial charge on any atom is 0.410 e. The van der Waals surface area contributed by atoms with Gasteiger partial charge in [0.05, 0.1) is 0 Å². The molecule has 0 unspecified atom stereocenters. The molecule has 0 bridgehead atoms. The van der Waals surface area contributed by atoms with E-state index < -0.39 is 12.3 Å². The van der Waals surface area contributed by atoms with Crippen molar-refractivity contribution >= 4 is 6.09 Å². The summed E-state index contributed by atoms with van der Waals surface area (Å²) in [5, 5.41) is 4.17. The quantitative estimate of drug-likeness (QED) is 0.502. The van der Waals surface area contributed by atoms with Crippen molar-refractivity contribution in [1.82, 2.24) is 15.0 Å². The summed E-state index contributed by atoms with van der Waals surface area (Å²) >= 11 is 0. The Kier molecular flexibility index (Phi) is 6.26. The zero-order valence-corrected chi connectivity index (χ0v) is 18.7. The SMILES string of the molecule is CC(C)(C)OC(=O)N1CCC(c2noc(-c3ccc(-c4ccccc4)c(CF)c3)n2)CC1. The highest BCUT2D eigenvalue weighted by Gasteiger charge is 2.29. The van der Waals surface area contributed by atoms with Gasteiger partial charge in [-0.25, -0.2) is 9.18 Å². The fourth-order valence-corrected chi connectivity index (χ4v) is 3.90. The average molecular weight is 438 g/mol. The van der Waals surface area contributed by atoms with Gasteiger partial charge < -0.3 is 14.2 Å². The Balaban J connectivity index is 1.45. The minimum Gasteiger partial charge on any atom is -0.444 e. The molecule has 1 aromatic heterocycles. The second-order valence-corrected chi connectivity index (χ2v) is 9.07. The van der Waals surface area contributed by atoms with Crippen LogP contribution < -0.4 is 0 Å². The summed E-state index contributed by atoms with van der Waals surface area (Å²) in [4.78, 5) is 18.6. The summed E-state index contributed by atoms with van der Waals surface area (Å²) in [6.45, 7) is 6.17. The van der Waals surface area contributed by atoms with Gasteiger partial charge in [0.1, 0.15) is 12.3 Å². The van der Waals surface area contributed by atoms with Crippen molar-refractivity contribution in [2.45, 2.75) is 51.8 Å². The molecule has 0 spiro atoms. The Morgan fingerprint density at radius 1 is 1.12 bits per heavy atom. The molecule has 6 nitrogen and oxygen atoms in total. The first-order valence-electron chi connectivity index (χ1n) is 10.9. The fraction of sp³-hybridized carbons (Fsp3) is 0.400. The Morgan fingerprint density at radius 3 is 2.50 bits per heavy atom. The molecule has 3 aromatic rings. The van der Waals surface area contributed by atoms with Crippen LogP contribution in [0.15, 0.2) is 53.1 Å². The zero-order valence-electron chi connectivity index (χ0n) is 18.7. The highest BCUT2D eigenvalue weighted by molar-refractivity contribution is 5.71. The summed E-state index contributed by atoms with van der Waals surface area (Å²) in [6, 6.07) is 15.3. The van der Waals surface area contributed by atoms with Crippen LogP contribution in [0.3, 0.4) is 0 Å². The third-order valence-electron chi connectivity index (χ3n) is 5.53. The number of benzene rings is 2. The van der Waals surface area contributed by atoms with Gasteiger partial charge in [-0.2, -0.15) is 4.98 Å². The fourth-order valence-electron chi connectivity index (χ4n) is 3.90. The van der Waals surface area contributed by atoms with Crippen molar-refractivity contribution in [3.8, 4) is 22.6 Å². The Morgan fingerprint density at radius 2 is 1.84 bits per heavy atom. The maximum atomic E-state index is 13.8. The lowest BCUT2D eigenvalue weighted by Crippen LogP contribution is -2.41. The van der Waals surface area contributed by atoms with Crippen LogP contribution in [0.4, 0.5) is 9.18 Å². The lowest BCUT2D eigenvalue weighted by Gasteiger charge is -2.32. The first-order valence-corrected chi connectivity index (χ1v) is 10.9.